The van der Waals surface area contributed by atoms with E-state index in [4.69, 9.17) is 21.1 Å². The molecule has 0 aliphatic heterocycles. The van der Waals surface area contributed by atoms with Gasteiger partial charge in [-0.3, -0.25) is 14.3 Å². The minimum Gasteiger partial charge on any atom is -0.494 e. The van der Waals surface area contributed by atoms with E-state index in [-0.39, 0.29) is 12.3 Å². The monoisotopic (exact) mass is 407 g/mol. The van der Waals surface area contributed by atoms with Crippen LogP contribution in [0.3, 0.4) is 0 Å². The normalized spacial score (nSPS) is 11.8. The van der Waals surface area contributed by atoms with Gasteiger partial charge in [0, 0.05) is 18.5 Å². The second-order valence-corrected chi connectivity index (χ2v) is 7.06. The van der Waals surface area contributed by atoms with Gasteiger partial charge in [-0.2, -0.15) is 5.10 Å². The first-order chi connectivity index (χ1) is 13.2. The average Bonchev–Trinajstić information content (AvgIpc) is 2.87. The Morgan fingerprint density at radius 3 is 2.61 bits per heavy atom. The Morgan fingerprint density at radius 1 is 1.29 bits per heavy atom. The summed E-state index contributed by atoms with van der Waals surface area (Å²) in [5.74, 6) is -0.135. The van der Waals surface area contributed by atoms with Crippen molar-refractivity contribution < 1.29 is 19.1 Å². The number of hydrogen-bond acceptors (Lipinski definition) is 5. The van der Waals surface area contributed by atoms with E-state index in [2.05, 4.69) is 10.4 Å². The molecule has 1 atom stereocenters. The number of benzene rings is 1. The molecule has 0 radical (unpaired) electrons. The van der Waals surface area contributed by atoms with Gasteiger partial charge in [0.2, 0.25) is 0 Å². The van der Waals surface area contributed by atoms with Crippen LogP contribution in [0.15, 0.2) is 18.2 Å². The quantitative estimate of drug-likeness (QED) is 0.532. The summed E-state index contributed by atoms with van der Waals surface area (Å²) < 4.78 is 12.5. The molecule has 152 valence electrons. The number of ether oxygens (including phenoxy) is 2. The van der Waals surface area contributed by atoms with Crippen molar-refractivity contribution in [1.29, 1.82) is 0 Å². The molecule has 1 aromatic heterocycles. The maximum absolute atomic E-state index is 12.3. The molecule has 0 unspecified atom stereocenters. The van der Waals surface area contributed by atoms with Crippen LogP contribution >= 0.6 is 11.6 Å². The molecule has 1 amide bonds. The molecule has 0 aliphatic carbocycles. The fourth-order valence-electron chi connectivity index (χ4n) is 2.60. The van der Waals surface area contributed by atoms with Crippen LogP contribution in [-0.2, 0) is 21.4 Å². The SMILES string of the molecule is Cc1cc(OCCCC(=O)O[C@@H](C)C(=O)Nc2c(C)nn(C)c2C)ccc1Cl. The second-order valence-electron chi connectivity index (χ2n) is 6.65. The minimum absolute atomic E-state index is 0.162. The van der Waals surface area contributed by atoms with Gasteiger partial charge in [0.05, 0.1) is 23.7 Å². The molecular weight excluding hydrogens is 382 g/mol. The molecule has 8 heteroatoms. The van der Waals surface area contributed by atoms with E-state index in [9.17, 15) is 9.59 Å². The van der Waals surface area contributed by atoms with Crippen LogP contribution in [0.1, 0.15) is 36.7 Å². The van der Waals surface area contributed by atoms with Crippen molar-refractivity contribution in [3.8, 4) is 5.75 Å². The van der Waals surface area contributed by atoms with Gasteiger partial charge in [0.25, 0.3) is 5.91 Å². The van der Waals surface area contributed by atoms with E-state index >= 15 is 0 Å². The Hall–Kier alpha value is -2.54. The molecule has 2 rings (SSSR count). The summed E-state index contributed by atoms with van der Waals surface area (Å²) in [6.07, 6.45) is -0.253. The third-order valence-electron chi connectivity index (χ3n) is 4.36. The van der Waals surface area contributed by atoms with Gasteiger partial charge in [-0.1, -0.05) is 11.6 Å². The summed E-state index contributed by atoms with van der Waals surface area (Å²) in [7, 11) is 1.80. The molecule has 1 heterocycles. The predicted octanol–water partition coefficient (Wildman–Crippen LogP) is 3.73. The largest absolute Gasteiger partial charge is 0.494 e. The van der Waals surface area contributed by atoms with Crippen molar-refractivity contribution in [3.63, 3.8) is 0 Å². The van der Waals surface area contributed by atoms with Gasteiger partial charge < -0.3 is 14.8 Å². The number of nitrogens with one attached hydrogen (secondary N) is 1. The fourth-order valence-corrected chi connectivity index (χ4v) is 2.72. The zero-order valence-electron chi connectivity index (χ0n) is 16.8. The van der Waals surface area contributed by atoms with Crippen molar-refractivity contribution in [1.82, 2.24) is 9.78 Å². The molecule has 0 spiro atoms. The lowest BCUT2D eigenvalue weighted by molar-refractivity contribution is -0.153. The zero-order valence-corrected chi connectivity index (χ0v) is 17.6. The van der Waals surface area contributed by atoms with Crippen LogP contribution in [0.25, 0.3) is 0 Å². The molecule has 1 N–H and O–H groups in total. The first-order valence-electron chi connectivity index (χ1n) is 9.08. The van der Waals surface area contributed by atoms with Crippen molar-refractivity contribution in [3.05, 3.63) is 40.2 Å². The molecule has 28 heavy (non-hydrogen) atoms. The molecule has 0 saturated heterocycles. The molecule has 0 fully saturated rings. The van der Waals surface area contributed by atoms with Crippen LogP contribution in [0.4, 0.5) is 5.69 Å². The highest BCUT2D eigenvalue weighted by Gasteiger charge is 2.20. The Kier molecular flexibility index (Phi) is 7.45. The van der Waals surface area contributed by atoms with Crippen LogP contribution in [0, 0.1) is 20.8 Å². The topological polar surface area (TPSA) is 82.4 Å². The highest BCUT2D eigenvalue weighted by molar-refractivity contribution is 6.31. The number of hydrogen-bond donors (Lipinski definition) is 1. The number of carbonyl (C=O) groups excluding carboxylic acids is 2. The Bertz CT molecular complexity index is 863. The highest BCUT2D eigenvalue weighted by atomic mass is 35.5. The fraction of sp³-hybridized carbons (Fsp3) is 0.450. The van der Waals surface area contributed by atoms with Crippen molar-refractivity contribution in [2.24, 2.45) is 7.05 Å². The van der Waals surface area contributed by atoms with Crippen LogP contribution in [0.5, 0.6) is 5.75 Å². The minimum atomic E-state index is -0.897. The number of rotatable bonds is 8. The van der Waals surface area contributed by atoms with E-state index in [1.54, 1.807) is 30.8 Å². The third-order valence-corrected chi connectivity index (χ3v) is 4.78. The van der Waals surface area contributed by atoms with Gasteiger partial charge >= 0.3 is 5.97 Å². The summed E-state index contributed by atoms with van der Waals surface area (Å²) in [5, 5.41) is 7.69. The molecule has 0 bridgehead atoms. The van der Waals surface area contributed by atoms with Crippen molar-refractivity contribution >= 4 is 29.2 Å². The van der Waals surface area contributed by atoms with E-state index in [0.29, 0.717) is 35.2 Å². The second kappa shape index (κ2) is 9.59. The van der Waals surface area contributed by atoms with Crippen LogP contribution in [0.2, 0.25) is 5.02 Å². The summed E-state index contributed by atoms with van der Waals surface area (Å²) in [6, 6.07) is 5.39. The predicted molar refractivity (Wildman–Crippen MR) is 108 cm³/mol. The van der Waals surface area contributed by atoms with Gasteiger partial charge in [-0.25, -0.2) is 0 Å². The Labute approximate surface area is 170 Å². The summed E-state index contributed by atoms with van der Waals surface area (Å²) in [6.45, 7) is 7.47. The first kappa shape index (κ1) is 21.8. The number of halogens is 1. The molecule has 0 aliphatic rings. The van der Waals surface area contributed by atoms with Gasteiger partial charge in [0.1, 0.15) is 5.75 Å². The standard InChI is InChI=1S/C20H26ClN3O4/c1-12-11-16(8-9-17(12)21)27-10-6-7-18(25)28-15(4)20(26)22-19-13(2)23-24(5)14(19)3/h8-9,11,15H,6-7,10H2,1-5H3,(H,22,26)/t15-/m0/s1. The summed E-state index contributed by atoms with van der Waals surface area (Å²) in [4.78, 5) is 24.2. The van der Waals surface area contributed by atoms with E-state index in [1.165, 1.54) is 0 Å². The number of nitrogens with zero attached hydrogens (tertiary/aromatic N) is 2. The number of aryl methyl sites for hydroxylation is 3. The van der Waals surface area contributed by atoms with Gasteiger partial charge in [0.15, 0.2) is 6.10 Å². The summed E-state index contributed by atoms with van der Waals surface area (Å²) >= 11 is 5.97. The van der Waals surface area contributed by atoms with Crippen molar-refractivity contribution in [2.75, 3.05) is 11.9 Å². The number of carbonyl (C=O) groups is 2. The van der Waals surface area contributed by atoms with Crippen LogP contribution < -0.4 is 10.1 Å². The number of esters is 1. The highest BCUT2D eigenvalue weighted by Crippen LogP contribution is 2.21. The molecule has 2 aromatic rings. The van der Waals surface area contributed by atoms with Crippen molar-refractivity contribution in [2.45, 2.75) is 46.6 Å². The maximum atomic E-state index is 12.3. The molecule has 1 aromatic carbocycles. The Morgan fingerprint density at radius 2 is 2.00 bits per heavy atom. The lowest BCUT2D eigenvalue weighted by atomic mass is 10.2. The molecule has 7 nitrogen and oxygen atoms in total. The maximum Gasteiger partial charge on any atom is 0.306 e. The van der Waals surface area contributed by atoms with Gasteiger partial charge in [-0.15, -0.1) is 0 Å². The third kappa shape index (κ3) is 5.73. The lowest BCUT2D eigenvalue weighted by Crippen LogP contribution is -2.30. The van der Waals surface area contributed by atoms with E-state index in [0.717, 1.165) is 11.3 Å². The van der Waals surface area contributed by atoms with Crippen LogP contribution in [-0.4, -0.2) is 34.4 Å². The summed E-state index contributed by atoms with van der Waals surface area (Å²) in [5.41, 5.74) is 3.11. The van der Waals surface area contributed by atoms with E-state index < -0.39 is 12.1 Å². The first-order valence-corrected chi connectivity index (χ1v) is 9.46. The average molecular weight is 408 g/mol. The number of amides is 1. The zero-order chi connectivity index (χ0) is 20.8. The van der Waals surface area contributed by atoms with Gasteiger partial charge in [-0.05, 0) is 57.9 Å². The Balaban J connectivity index is 1.74. The number of aromatic nitrogens is 2. The lowest BCUT2D eigenvalue weighted by Gasteiger charge is -2.14. The van der Waals surface area contributed by atoms with E-state index in [1.807, 2.05) is 26.8 Å². The molecular formula is C20H26ClN3O4. The molecule has 0 saturated carbocycles. The smallest absolute Gasteiger partial charge is 0.306 e. The number of anilines is 1.